The number of hydrogen-bond acceptors (Lipinski definition) is 2. The van der Waals surface area contributed by atoms with Crippen LogP contribution in [0.25, 0.3) is 0 Å². The first-order chi connectivity index (χ1) is 4.00. The van der Waals surface area contributed by atoms with E-state index in [1.54, 1.807) is 18.0 Å². The third-order valence-electron chi connectivity index (χ3n) is 0.731. The summed E-state index contributed by atoms with van der Waals surface area (Å²) in [6.07, 6.45) is 7.57. The molecule has 0 amide bonds. The van der Waals surface area contributed by atoms with Gasteiger partial charge < -0.3 is 0 Å². The van der Waals surface area contributed by atoms with Crippen molar-refractivity contribution >= 4 is 18.0 Å². The molecule has 0 spiro atoms. The van der Waals surface area contributed by atoms with Crippen LogP contribution in [0.15, 0.2) is 28.8 Å². The highest BCUT2D eigenvalue weighted by atomic mass is 32.2. The number of nitrogens with zero attached hydrogens (tertiary/aromatic N) is 1. The zero-order valence-corrected chi connectivity index (χ0v) is 5.27. The van der Waals surface area contributed by atoms with E-state index in [1.807, 2.05) is 23.8 Å². The fourth-order valence-electron chi connectivity index (χ4n) is 0.405. The Labute approximate surface area is 53.2 Å². The van der Waals surface area contributed by atoms with Crippen molar-refractivity contribution in [1.82, 2.24) is 0 Å². The molecule has 0 saturated carbocycles. The van der Waals surface area contributed by atoms with Crippen molar-refractivity contribution in [3.8, 4) is 0 Å². The Hall–Kier alpha value is -0.500. The summed E-state index contributed by atoms with van der Waals surface area (Å²) in [5, 5.41) is 2.03. The van der Waals surface area contributed by atoms with Gasteiger partial charge in [-0.3, -0.25) is 4.99 Å². The first-order valence-corrected chi connectivity index (χ1v) is 3.50. The summed E-state index contributed by atoms with van der Waals surface area (Å²) in [5.41, 5.74) is 0. The van der Waals surface area contributed by atoms with E-state index in [-0.39, 0.29) is 0 Å². The van der Waals surface area contributed by atoms with Gasteiger partial charge in [-0.25, -0.2) is 0 Å². The lowest BCUT2D eigenvalue weighted by Gasteiger charge is -1.86. The van der Waals surface area contributed by atoms with Gasteiger partial charge in [-0.2, -0.15) is 0 Å². The van der Waals surface area contributed by atoms with Crippen molar-refractivity contribution in [3.63, 3.8) is 0 Å². The standard InChI is InChI=1S/C6H7NS/c1-3-7-4-2-6-8-5-1/h1-5H,6H2/b4-2-,5-1-,7-3-. The molecule has 0 aliphatic carbocycles. The van der Waals surface area contributed by atoms with Gasteiger partial charge in [0.15, 0.2) is 0 Å². The average molecular weight is 125 g/mol. The molecule has 42 valence electrons. The summed E-state index contributed by atoms with van der Waals surface area (Å²) in [6, 6.07) is 0. The van der Waals surface area contributed by atoms with Crippen LogP contribution >= 0.6 is 11.8 Å². The molecule has 0 aromatic heterocycles. The fourth-order valence-corrected chi connectivity index (χ4v) is 0.895. The summed E-state index contributed by atoms with van der Waals surface area (Å²) in [6.45, 7) is 0. The summed E-state index contributed by atoms with van der Waals surface area (Å²) in [4.78, 5) is 3.93. The number of rotatable bonds is 0. The number of allylic oxidation sites excluding steroid dienone is 1. The largest absolute Gasteiger partial charge is 0.265 e. The van der Waals surface area contributed by atoms with Crippen molar-refractivity contribution in [2.45, 2.75) is 0 Å². The molecule has 0 fully saturated rings. The monoisotopic (exact) mass is 125 g/mol. The minimum atomic E-state index is 1.04. The van der Waals surface area contributed by atoms with E-state index < -0.39 is 0 Å². The maximum Gasteiger partial charge on any atom is 0.0272 e. The van der Waals surface area contributed by atoms with Gasteiger partial charge in [-0.15, -0.1) is 11.8 Å². The third-order valence-corrected chi connectivity index (χ3v) is 1.47. The van der Waals surface area contributed by atoms with E-state index in [0.29, 0.717) is 0 Å². The fraction of sp³-hybridized carbons (Fsp3) is 0.167. The van der Waals surface area contributed by atoms with Crippen molar-refractivity contribution in [2.24, 2.45) is 4.99 Å². The molecule has 0 unspecified atom stereocenters. The van der Waals surface area contributed by atoms with Crippen LogP contribution in [0.2, 0.25) is 0 Å². The predicted octanol–water partition coefficient (Wildman–Crippen LogP) is 1.83. The van der Waals surface area contributed by atoms with Gasteiger partial charge in [0.25, 0.3) is 0 Å². The zero-order valence-electron chi connectivity index (χ0n) is 4.45. The Kier molecular flexibility index (Phi) is 2.46. The van der Waals surface area contributed by atoms with E-state index in [9.17, 15) is 0 Å². The predicted molar refractivity (Wildman–Crippen MR) is 39.2 cm³/mol. The summed E-state index contributed by atoms with van der Waals surface area (Å²) in [7, 11) is 0. The maximum absolute atomic E-state index is 3.93. The highest BCUT2D eigenvalue weighted by molar-refractivity contribution is 8.02. The summed E-state index contributed by atoms with van der Waals surface area (Å²) >= 11 is 1.77. The Balaban J connectivity index is 2.51. The molecule has 0 radical (unpaired) electrons. The lowest BCUT2D eigenvalue weighted by Crippen LogP contribution is -1.69. The second-order valence-electron chi connectivity index (χ2n) is 1.34. The molecule has 1 heterocycles. The van der Waals surface area contributed by atoms with Gasteiger partial charge in [0.1, 0.15) is 0 Å². The van der Waals surface area contributed by atoms with E-state index in [2.05, 4.69) is 4.99 Å². The normalized spacial score (nSPS) is 30.0. The minimum Gasteiger partial charge on any atom is -0.265 e. The van der Waals surface area contributed by atoms with E-state index in [1.165, 1.54) is 0 Å². The first kappa shape index (κ1) is 5.63. The third kappa shape index (κ3) is 1.98. The molecule has 0 atom stereocenters. The minimum absolute atomic E-state index is 1.04. The molecule has 0 saturated heterocycles. The molecule has 0 N–H and O–H groups in total. The van der Waals surface area contributed by atoms with Crippen LogP contribution in [0.4, 0.5) is 0 Å². The smallest absolute Gasteiger partial charge is 0.0272 e. The quantitative estimate of drug-likeness (QED) is 0.481. The molecular weight excluding hydrogens is 118 g/mol. The molecule has 1 aliphatic heterocycles. The van der Waals surface area contributed by atoms with Gasteiger partial charge in [0.05, 0.1) is 0 Å². The topological polar surface area (TPSA) is 12.4 Å². The lowest BCUT2D eigenvalue weighted by atomic mass is 10.6. The van der Waals surface area contributed by atoms with Crippen LogP contribution in [0.5, 0.6) is 0 Å². The maximum atomic E-state index is 3.93. The van der Waals surface area contributed by atoms with Gasteiger partial charge in [-0.05, 0) is 11.5 Å². The SMILES string of the molecule is C1=C/SC\C=C/N=C\1. The van der Waals surface area contributed by atoms with Crippen molar-refractivity contribution in [2.75, 3.05) is 5.75 Å². The Morgan fingerprint density at radius 1 is 1.50 bits per heavy atom. The molecule has 1 aliphatic rings. The highest BCUT2D eigenvalue weighted by Crippen LogP contribution is 2.02. The van der Waals surface area contributed by atoms with Crippen molar-refractivity contribution < 1.29 is 0 Å². The van der Waals surface area contributed by atoms with Gasteiger partial charge in [-0.1, -0.05) is 6.08 Å². The first-order valence-electron chi connectivity index (χ1n) is 2.45. The molecule has 1 rings (SSSR count). The second kappa shape index (κ2) is 3.50. The Morgan fingerprint density at radius 3 is 3.50 bits per heavy atom. The molecule has 1 nitrogen and oxygen atoms in total. The van der Waals surface area contributed by atoms with Crippen molar-refractivity contribution in [1.29, 1.82) is 0 Å². The molecule has 0 bridgehead atoms. The number of aliphatic imine (C=N–C) groups is 1. The zero-order chi connectivity index (χ0) is 5.66. The van der Waals surface area contributed by atoms with Crippen LogP contribution in [0, 0.1) is 0 Å². The van der Waals surface area contributed by atoms with Crippen LogP contribution in [-0.4, -0.2) is 12.0 Å². The van der Waals surface area contributed by atoms with Gasteiger partial charge >= 0.3 is 0 Å². The molecule has 0 aromatic rings. The number of thioether (sulfide) groups is 1. The van der Waals surface area contributed by atoms with Gasteiger partial charge in [0, 0.05) is 18.2 Å². The van der Waals surface area contributed by atoms with E-state index in [0.717, 1.165) is 5.75 Å². The lowest BCUT2D eigenvalue weighted by molar-refractivity contribution is 1.55. The molecular formula is C6H7NS. The van der Waals surface area contributed by atoms with Crippen molar-refractivity contribution in [3.05, 3.63) is 23.8 Å². The van der Waals surface area contributed by atoms with Crippen LogP contribution in [0.3, 0.4) is 0 Å². The molecule has 0 aromatic carbocycles. The van der Waals surface area contributed by atoms with E-state index >= 15 is 0 Å². The Bertz CT molecular complexity index is 119. The average Bonchev–Trinajstić information content (AvgIpc) is 1.62. The van der Waals surface area contributed by atoms with Crippen LogP contribution < -0.4 is 0 Å². The Morgan fingerprint density at radius 2 is 2.50 bits per heavy atom. The van der Waals surface area contributed by atoms with Crippen LogP contribution in [-0.2, 0) is 0 Å². The molecule has 2 heteroatoms. The summed E-state index contributed by atoms with van der Waals surface area (Å²) in [5.74, 6) is 1.04. The molecule has 8 heavy (non-hydrogen) atoms. The number of hydrogen-bond donors (Lipinski definition) is 0. The highest BCUT2D eigenvalue weighted by Gasteiger charge is 1.76. The summed E-state index contributed by atoms with van der Waals surface area (Å²) < 4.78 is 0. The second-order valence-corrected chi connectivity index (χ2v) is 2.28. The van der Waals surface area contributed by atoms with E-state index in [4.69, 9.17) is 0 Å². The van der Waals surface area contributed by atoms with Gasteiger partial charge in [0.2, 0.25) is 0 Å². The van der Waals surface area contributed by atoms with Crippen LogP contribution in [0.1, 0.15) is 0 Å².